The standard InChI is InChI=1S/C14H19Cl2N3O/c1-14(2)6-4-9(5-7-14)19(3)13(20)10-8-11(15)17-18-12(10)16/h8-9H,4-7H2,1-3H3. The Hall–Kier alpha value is -0.870. The molecule has 2 rings (SSSR count). The lowest BCUT2D eigenvalue weighted by Crippen LogP contribution is -2.41. The monoisotopic (exact) mass is 315 g/mol. The van der Waals surface area contributed by atoms with Gasteiger partial charge in [0.2, 0.25) is 0 Å². The van der Waals surface area contributed by atoms with Crippen LogP contribution in [0.15, 0.2) is 6.07 Å². The first-order valence-electron chi connectivity index (χ1n) is 6.76. The van der Waals surface area contributed by atoms with E-state index in [-0.39, 0.29) is 22.3 Å². The van der Waals surface area contributed by atoms with Crippen molar-refractivity contribution >= 4 is 29.1 Å². The Morgan fingerprint density at radius 1 is 1.30 bits per heavy atom. The lowest BCUT2D eigenvalue weighted by Gasteiger charge is -2.38. The fourth-order valence-corrected chi connectivity index (χ4v) is 2.95. The zero-order valence-electron chi connectivity index (χ0n) is 12.0. The molecule has 110 valence electrons. The molecule has 0 bridgehead atoms. The molecule has 0 aliphatic heterocycles. The summed E-state index contributed by atoms with van der Waals surface area (Å²) < 4.78 is 0. The smallest absolute Gasteiger partial charge is 0.257 e. The second kappa shape index (κ2) is 5.86. The number of carbonyl (C=O) groups is 1. The summed E-state index contributed by atoms with van der Waals surface area (Å²) in [5.41, 5.74) is 0.693. The Bertz CT molecular complexity index is 509. The van der Waals surface area contributed by atoms with Crippen molar-refractivity contribution in [3.63, 3.8) is 0 Å². The summed E-state index contributed by atoms with van der Waals surface area (Å²) in [4.78, 5) is 14.3. The van der Waals surface area contributed by atoms with Crippen LogP contribution in [0.3, 0.4) is 0 Å². The Morgan fingerprint density at radius 3 is 2.50 bits per heavy atom. The van der Waals surface area contributed by atoms with Crippen molar-refractivity contribution in [3.05, 3.63) is 21.9 Å². The number of amides is 1. The molecule has 6 heteroatoms. The van der Waals surface area contributed by atoms with E-state index in [1.807, 2.05) is 7.05 Å². The number of halogens is 2. The normalized spacial score (nSPS) is 18.9. The molecule has 0 N–H and O–H groups in total. The van der Waals surface area contributed by atoms with E-state index in [0.717, 1.165) is 25.7 Å². The molecule has 1 aliphatic carbocycles. The largest absolute Gasteiger partial charge is 0.339 e. The van der Waals surface area contributed by atoms with Crippen LogP contribution in [-0.4, -0.2) is 34.1 Å². The number of rotatable bonds is 2. The van der Waals surface area contributed by atoms with Gasteiger partial charge in [-0.25, -0.2) is 0 Å². The number of carbonyl (C=O) groups excluding carboxylic acids is 1. The van der Waals surface area contributed by atoms with Crippen LogP contribution >= 0.6 is 23.2 Å². The van der Waals surface area contributed by atoms with Gasteiger partial charge in [-0.3, -0.25) is 4.79 Å². The average Bonchev–Trinajstić information content (AvgIpc) is 2.40. The van der Waals surface area contributed by atoms with Crippen LogP contribution in [0.5, 0.6) is 0 Å². The fourth-order valence-electron chi connectivity index (χ4n) is 2.63. The van der Waals surface area contributed by atoms with Gasteiger partial charge in [-0.15, -0.1) is 10.2 Å². The summed E-state index contributed by atoms with van der Waals surface area (Å²) in [5.74, 6) is -0.142. The quantitative estimate of drug-likeness (QED) is 0.833. The van der Waals surface area contributed by atoms with E-state index in [9.17, 15) is 4.79 Å². The molecule has 1 fully saturated rings. The highest BCUT2D eigenvalue weighted by Crippen LogP contribution is 2.37. The van der Waals surface area contributed by atoms with Crippen LogP contribution in [0.2, 0.25) is 10.3 Å². The van der Waals surface area contributed by atoms with Crippen LogP contribution in [0.25, 0.3) is 0 Å². The van der Waals surface area contributed by atoms with E-state index in [1.165, 1.54) is 6.07 Å². The maximum atomic E-state index is 12.5. The second-order valence-electron chi connectivity index (χ2n) is 6.18. The molecule has 0 aromatic carbocycles. The topological polar surface area (TPSA) is 46.1 Å². The predicted molar refractivity (Wildman–Crippen MR) is 80.2 cm³/mol. The van der Waals surface area contributed by atoms with Crippen LogP contribution in [-0.2, 0) is 0 Å². The molecular weight excluding hydrogens is 297 g/mol. The molecule has 1 amide bonds. The predicted octanol–water partition coefficient (Wildman–Crippen LogP) is 3.82. The summed E-state index contributed by atoms with van der Waals surface area (Å²) in [6.45, 7) is 4.54. The summed E-state index contributed by atoms with van der Waals surface area (Å²) in [5, 5.41) is 7.59. The highest BCUT2D eigenvalue weighted by molar-refractivity contribution is 6.34. The molecular formula is C14H19Cl2N3O. The SMILES string of the molecule is CN(C(=O)c1cc(Cl)nnc1Cl)C1CCC(C)(C)CC1. The van der Waals surface area contributed by atoms with Crippen molar-refractivity contribution in [3.8, 4) is 0 Å². The molecule has 1 aromatic rings. The number of hydrogen-bond acceptors (Lipinski definition) is 3. The molecule has 4 nitrogen and oxygen atoms in total. The summed E-state index contributed by atoms with van der Waals surface area (Å²) in [6.07, 6.45) is 4.27. The van der Waals surface area contributed by atoms with Gasteiger partial charge in [0.1, 0.15) is 0 Å². The van der Waals surface area contributed by atoms with Gasteiger partial charge in [0.05, 0.1) is 5.56 Å². The van der Waals surface area contributed by atoms with Gasteiger partial charge in [-0.1, -0.05) is 37.0 Å². The van der Waals surface area contributed by atoms with E-state index in [4.69, 9.17) is 23.2 Å². The number of hydrogen-bond donors (Lipinski definition) is 0. The Morgan fingerprint density at radius 2 is 1.90 bits per heavy atom. The van der Waals surface area contributed by atoms with E-state index in [0.29, 0.717) is 11.0 Å². The molecule has 0 unspecified atom stereocenters. The molecule has 0 atom stereocenters. The zero-order chi connectivity index (χ0) is 14.9. The third-order valence-corrected chi connectivity index (χ3v) is 4.59. The zero-order valence-corrected chi connectivity index (χ0v) is 13.5. The van der Waals surface area contributed by atoms with Gasteiger partial charge in [0, 0.05) is 13.1 Å². The maximum absolute atomic E-state index is 12.5. The second-order valence-corrected chi connectivity index (χ2v) is 6.93. The molecule has 0 spiro atoms. The van der Waals surface area contributed by atoms with E-state index >= 15 is 0 Å². The third-order valence-electron chi connectivity index (χ3n) is 4.13. The summed E-state index contributed by atoms with van der Waals surface area (Å²) in [7, 11) is 1.82. The molecule has 0 radical (unpaired) electrons. The first-order valence-corrected chi connectivity index (χ1v) is 7.52. The van der Waals surface area contributed by atoms with Crippen LogP contribution in [0.1, 0.15) is 49.9 Å². The molecule has 1 aromatic heterocycles. The number of aromatic nitrogens is 2. The molecule has 1 heterocycles. The first-order chi connectivity index (χ1) is 9.30. The van der Waals surface area contributed by atoms with Gasteiger partial charge < -0.3 is 4.90 Å². The van der Waals surface area contributed by atoms with Gasteiger partial charge >= 0.3 is 0 Å². The molecule has 1 aliphatic rings. The third kappa shape index (κ3) is 3.41. The molecule has 0 saturated heterocycles. The highest BCUT2D eigenvalue weighted by Gasteiger charge is 2.31. The fraction of sp³-hybridized carbons (Fsp3) is 0.643. The van der Waals surface area contributed by atoms with E-state index in [1.54, 1.807) is 4.90 Å². The lowest BCUT2D eigenvalue weighted by molar-refractivity contribution is 0.0635. The van der Waals surface area contributed by atoms with Crippen molar-refractivity contribution in [1.29, 1.82) is 0 Å². The minimum Gasteiger partial charge on any atom is -0.339 e. The molecule has 20 heavy (non-hydrogen) atoms. The minimum absolute atomic E-state index is 0.0994. The van der Waals surface area contributed by atoms with Gasteiger partial charge in [0.25, 0.3) is 5.91 Å². The Balaban J connectivity index is 2.11. The van der Waals surface area contributed by atoms with Crippen LogP contribution < -0.4 is 0 Å². The van der Waals surface area contributed by atoms with E-state index in [2.05, 4.69) is 24.0 Å². The summed E-state index contributed by atoms with van der Waals surface area (Å²) >= 11 is 11.7. The van der Waals surface area contributed by atoms with Crippen LogP contribution in [0.4, 0.5) is 0 Å². The Kier molecular flexibility index (Phi) is 4.55. The minimum atomic E-state index is -0.142. The van der Waals surface area contributed by atoms with Gasteiger partial charge in [0.15, 0.2) is 10.3 Å². The molecule has 1 saturated carbocycles. The first kappa shape index (κ1) is 15.5. The lowest BCUT2D eigenvalue weighted by atomic mass is 9.75. The van der Waals surface area contributed by atoms with Crippen molar-refractivity contribution < 1.29 is 4.79 Å². The highest BCUT2D eigenvalue weighted by atomic mass is 35.5. The van der Waals surface area contributed by atoms with Crippen LogP contribution in [0, 0.1) is 5.41 Å². The maximum Gasteiger partial charge on any atom is 0.257 e. The Labute approximate surface area is 129 Å². The number of nitrogens with zero attached hydrogens (tertiary/aromatic N) is 3. The van der Waals surface area contributed by atoms with Crippen molar-refractivity contribution in [1.82, 2.24) is 15.1 Å². The average molecular weight is 316 g/mol. The van der Waals surface area contributed by atoms with Crippen molar-refractivity contribution in [2.24, 2.45) is 5.41 Å². The summed E-state index contributed by atoms with van der Waals surface area (Å²) in [6, 6.07) is 1.72. The van der Waals surface area contributed by atoms with Gasteiger partial charge in [-0.05, 0) is 37.2 Å². The van der Waals surface area contributed by atoms with E-state index < -0.39 is 0 Å². The van der Waals surface area contributed by atoms with Crippen molar-refractivity contribution in [2.75, 3.05) is 7.05 Å². The van der Waals surface area contributed by atoms with Crippen molar-refractivity contribution in [2.45, 2.75) is 45.6 Å². The van der Waals surface area contributed by atoms with Gasteiger partial charge in [-0.2, -0.15) is 0 Å².